The van der Waals surface area contributed by atoms with E-state index in [1.54, 1.807) is 0 Å². The Kier molecular flexibility index (Phi) is 5.99. The van der Waals surface area contributed by atoms with Crippen LogP contribution in [0, 0.1) is 35.0 Å². The summed E-state index contributed by atoms with van der Waals surface area (Å²) in [6, 6.07) is 19.6. The molecule has 2 nitrogen and oxygen atoms in total. The predicted molar refractivity (Wildman–Crippen MR) is 159 cm³/mol. The fourth-order valence-corrected chi connectivity index (χ4v) is 10.4. The Morgan fingerprint density at radius 1 is 0.784 bits per heavy atom. The second kappa shape index (κ2) is 9.25. The molecule has 188 valence electrons. The molecule has 0 N–H and O–H groups in total. The highest BCUT2D eigenvalue weighted by molar-refractivity contribution is 7.19. The zero-order valence-electron chi connectivity index (χ0n) is 21.3. The third-order valence-electron chi connectivity index (χ3n) is 10.4. The Labute approximate surface area is 225 Å². The van der Waals surface area contributed by atoms with Crippen LogP contribution in [0.3, 0.4) is 0 Å². The highest BCUT2D eigenvalue weighted by atomic mass is 31.0. The number of aromatic nitrogens is 2. The molecule has 0 saturated heterocycles. The molecule has 2 heterocycles. The maximum atomic E-state index is 4.59. The van der Waals surface area contributed by atoms with E-state index in [1.807, 2.05) is 12.4 Å². The smallest absolute Gasteiger partial charge is 0.0591 e. The van der Waals surface area contributed by atoms with Gasteiger partial charge in [0.1, 0.15) is 0 Å². The van der Waals surface area contributed by atoms with Gasteiger partial charge in [-0.25, -0.2) is 0 Å². The van der Waals surface area contributed by atoms with Gasteiger partial charge in [-0.3, -0.25) is 9.97 Å². The van der Waals surface area contributed by atoms with Gasteiger partial charge in [-0.15, -0.1) is 18.5 Å². The molecule has 5 aliphatic carbocycles. The number of hydrogen-bond acceptors (Lipinski definition) is 2. The number of rotatable bonds is 6. The van der Waals surface area contributed by atoms with E-state index in [0.717, 1.165) is 23.7 Å². The van der Waals surface area contributed by atoms with Crippen molar-refractivity contribution in [3.63, 3.8) is 0 Å². The minimum Gasteiger partial charge on any atom is -0.264 e. The SMILES string of the molecule is PCC1(C2C=C(c3ccccc3)C=C2C(P)(c2cccnc2)c2cccnc2)C2CC3CC(C2)CC1C3. The van der Waals surface area contributed by atoms with Crippen LogP contribution < -0.4 is 0 Å². The summed E-state index contributed by atoms with van der Waals surface area (Å²) in [5.74, 6) is 3.90. The standard InChI is InChI=1S/C33H36N2P2/c36-21-32(28-13-22-12-23(15-28)16-29(32)14-22)30-17-25(24-6-2-1-3-7-24)18-31(30)33(37,26-8-4-10-34-19-26)27-9-5-11-35-20-27/h1-11,17-20,22-23,28-30H,12-16,21,36-37H2. The summed E-state index contributed by atoms with van der Waals surface area (Å²) in [5.41, 5.74) is 6.89. The first kappa shape index (κ1) is 23.9. The minimum atomic E-state index is -0.387. The lowest BCUT2D eigenvalue weighted by Crippen LogP contribution is -2.57. The molecule has 4 bridgehead atoms. The van der Waals surface area contributed by atoms with Crippen LogP contribution in [0.4, 0.5) is 0 Å². The lowest BCUT2D eigenvalue weighted by molar-refractivity contribution is -0.111. The molecule has 0 spiro atoms. The van der Waals surface area contributed by atoms with E-state index < -0.39 is 0 Å². The van der Waals surface area contributed by atoms with Gasteiger partial charge in [-0.1, -0.05) is 54.6 Å². The van der Waals surface area contributed by atoms with E-state index >= 15 is 0 Å². The van der Waals surface area contributed by atoms with Crippen LogP contribution >= 0.6 is 18.5 Å². The quantitative estimate of drug-likeness (QED) is 0.312. The maximum Gasteiger partial charge on any atom is 0.0591 e. The minimum absolute atomic E-state index is 0.284. The number of hydrogen-bond donors (Lipinski definition) is 0. The van der Waals surface area contributed by atoms with E-state index in [9.17, 15) is 0 Å². The molecule has 37 heavy (non-hydrogen) atoms. The molecule has 4 saturated carbocycles. The van der Waals surface area contributed by atoms with Crippen molar-refractivity contribution in [3.05, 3.63) is 114 Å². The molecule has 3 unspecified atom stereocenters. The predicted octanol–water partition coefficient (Wildman–Crippen LogP) is 7.55. The summed E-state index contributed by atoms with van der Waals surface area (Å²) in [6.45, 7) is 0. The largest absolute Gasteiger partial charge is 0.264 e. The second-order valence-corrected chi connectivity index (χ2v) is 13.3. The van der Waals surface area contributed by atoms with Crippen LogP contribution in [0.2, 0.25) is 0 Å². The molecule has 0 radical (unpaired) electrons. The van der Waals surface area contributed by atoms with E-state index in [2.05, 4.69) is 108 Å². The van der Waals surface area contributed by atoms with Gasteiger partial charge in [0.15, 0.2) is 0 Å². The molecule has 3 atom stereocenters. The summed E-state index contributed by atoms with van der Waals surface area (Å²) in [5, 5.41) is -0.387. The summed E-state index contributed by atoms with van der Waals surface area (Å²) < 4.78 is 0. The van der Waals surface area contributed by atoms with E-state index in [1.165, 1.54) is 66.1 Å². The Morgan fingerprint density at radius 3 is 1.89 bits per heavy atom. The van der Waals surface area contributed by atoms with Gasteiger partial charge in [0, 0.05) is 30.7 Å². The monoisotopic (exact) mass is 522 g/mol. The Hall–Kier alpha value is -2.14. The van der Waals surface area contributed by atoms with E-state index in [-0.39, 0.29) is 10.6 Å². The zero-order chi connectivity index (χ0) is 25.0. The second-order valence-electron chi connectivity index (χ2n) is 12.0. The average molecular weight is 523 g/mol. The van der Waals surface area contributed by atoms with Crippen molar-refractivity contribution in [1.82, 2.24) is 9.97 Å². The normalized spacial score (nSPS) is 32.3. The molecule has 4 heteroatoms. The van der Waals surface area contributed by atoms with Crippen LogP contribution in [0.25, 0.3) is 5.57 Å². The molecular weight excluding hydrogens is 486 g/mol. The van der Waals surface area contributed by atoms with Crippen molar-refractivity contribution in [2.24, 2.45) is 35.0 Å². The fraction of sp³-hybridized carbons (Fsp3) is 0.394. The summed E-state index contributed by atoms with van der Waals surface area (Å²) >= 11 is 0. The van der Waals surface area contributed by atoms with Crippen molar-refractivity contribution in [1.29, 1.82) is 0 Å². The Balaban J connectivity index is 1.45. The summed E-state index contributed by atoms with van der Waals surface area (Å²) in [6.07, 6.45) is 21.4. The highest BCUT2D eigenvalue weighted by Crippen LogP contribution is 2.69. The first-order valence-corrected chi connectivity index (χ1v) is 15.3. The summed E-state index contributed by atoms with van der Waals surface area (Å²) in [7, 11) is 6.54. The topological polar surface area (TPSA) is 25.8 Å². The van der Waals surface area contributed by atoms with Crippen LogP contribution in [-0.2, 0) is 5.16 Å². The molecule has 3 aromatic rings. The van der Waals surface area contributed by atoms with Crippen molar-refractivity contribution in [2.45, 2.75) is 37.3 Å². The van der Waals surface area contributed by atoms with Gasteiger partial charge < -0.3 is 0 Å². The first-order chi connectivity index (χ1) is 18.1. The molecule has 0 aliphatic heterocycles. The van der Waals surface area contributed by atoms with Gasteiger partial charge in [0.25, 0.3) is 0 Å². The van der Waals surface area contributed by atoms with Crippen molar-refractivity contribution >= 4 is 24.1 Å². The van der Waals surface area contributed by atoms with E-state index in [4.69, 9.17) is 0 Å². The van der Waals surface area contributed by atoms with Gasteiger partial charge in [0.05, 0.1) is 5.16 Å². The maximum absolute atomic E-state index is 4.59. The number of nitrogens with zero attached hydrogens (tertiary/aromatic N) is 2. The number of benzene rings is 1. The Morgan fingerprint density at radius 2 is 1.38 bits per heavy atom. The number of allylic oxidation sites excluding steroid dienone is 4. The zero-order valence-corrected chi connectivity index (χ0v) is 23.6. The van der Waals surface area contributed by atoms with Crippen molar-refractivity contribution < 1.29 is 0 Å². The molecule has 5 aliphatic rings. The van der Waals surface area contributed by atoms with Crippen molar-refractivity contribution in [3.8, 4) is 0 Å². The van der Waals surface area contributed by atoms with Gasteiger partial charge >= 0.3 is 0 Å². The van der Waals surface area contributed by atoms with Crippen LogP contribution in [0.1, 0.15) is 48.8 Å². The van der Waals surface area contributed by atoms with Crippen LogP contribution in [0.5, 0.6) is 0 Å². The molecule has 0 amide bonds. The number of pyridine rings is 2. The molecule has 2 aromatic heterocycles. The van der Waals surface area contributed by atoms with Crippen LogP contribution in [-0.4, -0.2) is 16.1 Å². The average Bonchev–Trinajstić information content (AvgIpc) is 3.41. The third-order valence-corrected chi connectivity index (χ3v) is 12.1. The van der Waals surface area contributed by atoms with Gasteiger partial charge in [-0.2, -0.15) is 0 Å². The molecule has 8 rings (SSSR count). The lowest BCUT2D eigenvalue weighted by atomic mass is 9.42. The van der Waals surface area contributed by atoms with Gasteiger partial charge in [0.2, 0.25) is 0 Å². The molecule has 1 aromatic carbocycles. The van der Waals surface area contributed by atoms with Gasteiger partial charge in [-0.05, 0) is 107 Å². The molecule has 4 fully saturated rings. The lowest BCUT2D eigenvalue weighted by Gasteiger charge is -2.64. The van der Waals surface area contributed by atoms with Crippen molar-refractivity contribution in [2.75, 3.05) is 6.16 Å². The van der Waals surface area contributed by atoms with E-state index in [0.29, 0.717) is 5.92 Å². The third kappa shape index (κ3) is 3.66. The molecular formula is C33H36N2P2. The first-order valence-electron chi connectivity index (χ1n) is 13.9. The highest BCUT2D eigenvalue weighted by Gasteiger charge is 2.61. The fourth-order valence-electron chi connectivity index (χ4n) is 8.91. The Bertz CT molecular complexity index is 1270. The van der Waals surface area contributed by atoms with Crippen LogP contribution in [0.15, 0.2) is 97.1 Å². The summed E-state index contributed by atoms with van der Waals surface area (Å²) in [4.78, 5) is 9.18.